The van der Waals surface area contributed by atoms with E-state index in [-0.39, 0.29) is 22.2 Å². The van der Waals surface area contributed by atoms with Crippen LogP contribution in [0.15, 0.2) is 77.7 Å². The molecule has 0 N–H and O–H groups in total. The molecule has 1 amide bonds. The van der Waals surface area contributed by atoms with E-state index >= 15 is 0 Å². The summed E-state index contributed by atoms with van der Waals surface area (Å²) >= 11 is 1.51. The minimum atomic E-state index is -4.28. The zero-order valence-electron chi connectivity index (χ0n) is 17.2. The van der Waals surface area contributed by atoms with Gasteiger partial charge in [-0.3, -0.25) is 14.9 Å². The Balaban J connectivity index is 1.45. The topological polar surface area (TPSA) is 120 Å². The Morgan fingerprint density at radius 1 is 1.09 bits per heavy atom. The van der Waals surface area contributed by atoms with Gasteiger partial charge in [0.25, 0.3) is 11.6 Å². The molecule has 9 nitrogen and oxygen atoms in total. The van der Waals surface area contributed by atoms with Gasteiger partial charge >= 0.3 is 10.1 Å². The third-order valence-corrected chi connectivity index (χ3v) is 6.95. The lowest BCUT2D eigenvalue weighted by atomic mass is 10.2. The van der Waals surface area contributed by atoms with Crippen molar-refractivity contribution in [2.75, 3.05) is 7.05 Å². The second-order valence-corrected chi connectivity index (χ2v) is 9.71. The first-order chi connectivity index (χ1) is 15.7. The van der Waals surface area contributed by atoms with Crippen LogP contribution in [-0.4, -0.2) is 36.2 Å². The Morgan fingerprint density at radius 2 is 1.82 bits per heavy atom. The van der Waals surface area contributed by atoms with E-state index < -0.39 is 15.0 Å². The molecule has 1 heterocycles. The smallest absolute Gasteiger partial charge is 0.339 e. The molecule has 0 aliphatic rings. The number of fused-ring (bicyclic) bond motifs is 1. The monoisotopic (exact) mass is 483 g/mol. The Bertz CT molecular complexity index is 1420. The van der Waals surface area contributed by atoms with Gasteiger partial charge in [0.05, 0.1) is 21.7 Å². The Morgan fingerprint density at radius 3 is 2.52 bits per heavy atom. The van der Waals surface area contributed by atoms with Gasteiger partial charge in [-0.1, -0.05) is 18.2 Å². The number of para-hydroxylation sites is 1. The van der Waals surface area contributed by atoms with Crippen molar-refractivity contribution in [3.8, 4) is 5.75 Å². The Hall–Kier alpha value is -3.83. The molecule has 0 aliphatic carbocycles. The molecule has 0 bridgehead atoms. The highest BCUT2D eigenvalue weighted by Crippen LogP contribution is 2.24. The van der Waals surface area contributed by atoms with Crippen LogP contribution < -0.4 is 4.18 Å². The molecule has 0 fully saturated rings. The van der Waals surface area contributed by atoms with Crippen molar-refractivity contribution in [1.29, 1.82) is 0 Å². The maximum atomic E-state index is 12.8. The molecule has 0 radical (unpaired) electrons. The van der Waals surface area contributed by atoms with Gasteiger partial charge in [0.2, 0.25) is 0 Å². The summed E-state index contributed by atoms with van der Waals surface area (Å²) in [4.78, 5) is 28.7. The Kier molecular flexibility index (Phi) is 6.07. The van der Waals surface area contributed by atoms with Crippen molar-refractivity contribution < 1.29 is 22.3 Å². The van der Waals surface area contributed by atoms with Crippen LogP contribution >= 0.6 is 11.3 Å². The number of non-ortho nitro benzene ring substituents is 1. The minimum absolute atomic E-state index is 0.0214. The largest absolute Gasteiger partial charge is 0.379 e. The molecule has 11 heteroatoms. The van der Waals surface area contributed by atoms with Gasteiger partial charge in [-0.15, -0.1) is 11.3 Å². The summed E-state index contributed by atoms with van der Waals surface area (Å²) < 4.78 is 31.0. The molecule has 4 rings (SSSR count). The second-order valence-electron chi connectivity index (χ2n) is 7.05. The number of thiazole rings is 1. The van der Waals surface area contributed by atoms with Crippen LogP contribution in [0, 0.1) is 10.1 Å². The number of rotatable bonds is 7. The maximum Gasteiger partial charge on any atom is 0.339 e. The summed E-state index contributed by atoms with van der Waals surface area (Å²) in [5, 5.41) is 11.7. The van der Waals surface area contributed by atoms with Crippen LogP contribution in [0.4, 0.5) is 5.69 Å². The van der Waals surface area contributed by atoms with Gasteiger partial charge in [-0.2, -0.15) is 8.42 Å². The quantitative estimate of drug-likeness (QED) is 0.219. The van der Waals surface area contributed by atoms with Crippen molar-refractivity contribution in [3.63, 3.8) is 0 Å². The minimum Gasteiger partial charge on any atom is -0.379 e. The normalized spacial score (nSPS) is 11.3. The zero-order valence-corrected chi connectivity index (χ0v) is 18.9. The fourth-order valence-corrected chi connectivity index (χ4v) is 5.06. The average molecular weight is 484 g/mol. The summed E-state index contributed by atoms with van der Waals surface area (Å²) in [7, 11) is -2.62. The summed E-state index contributed by atoms with van der Waals surface area (Å²) in [6.45, 7) is 0.331. The van der Waals surface area contributed by atoms with Gasteiger partial charge in [-0.25, -0.2) is 4.98 Å². The number of aromatic nitrogens is 1. The van der Waals surface area contributed by atoms with Crippen molar-refractivity contribution in [2.45, 2.75) is 11.4 Å². The second kappa shape index (κ2) is 8.96. The number of nitrogens with zero attached hydrogens (tertiary/aromatic N) is 3. The highest BCUT2D eigenvalue weighted by molar-refractivity contribution is 7.87. The molecule has 4 aromatic rings. The lowest BCUT2D eigenvalue weighted by molar-refractivity contribution is -0.385. The van der Waals surface area contributed by atoms with Crippen LogP contribution in [-0.2, 0) is 16.7 Å². The van der Waals surface area contributed by atoms with E-state index in [2.05, 4.69) is 4.98 Å². The maximum absolute atomic E-state index is 12.8. The lowest BCUT2D eigenvalue weighted by Gasteiger charge is -2.16. The van der Waals surface area contributed by atoms with Crippen LogP contribution in [0.3, 0.4) is 0 Å². The van der Waals surface area contributed by atoms with Gasteiger partial charge in [0, 0.05) is 24.7 Å². The fraction of sp³-hybridized carbons (Fsp3) is 0.0909. The van der Waals surface area contributed by atoms with Crippen molar-refractivity contribution in [1.82, 2.24) is 9.88 Å². The molecule has 0 atom stereocenters. The predicted octanol–water partition coefficient (Wildman–Crippen LogP) is 4.24. The Labute approximate surface area is 193 Å². The van der Waals surface area contributed by atoms with E-state index in [1.807, 2.05) is 24.3 Å². The lowest BCUT2D eigenvalue weighted by Crippen LogP contribution is -2.26. The highest BCUT2D eigenvalue weighted by Gasteiger charge is 2.20. The summed E-state index contributed by atoms with van der Waals surface area (Å²) in [5.41, 5.74) is 0.861. The van der Waals surface area contributed by atoms with Gasteiger partial charge in [0.15, 0.2) is 0 Å². The molecule has 1 aromatic heterocycles. The van der Waals surface area contributed by atoms with E-state index in [1.165, 1.54) is 58.7 Å². The number of nitro benzene ring substituents is 1. The third-order valence-electron chi connectivity index (χ3n) is 4.68. The molecule has 3 aromatic carbocycles. The molecule has 0 saturated heterocycles. The first-order valence-electron chi connectivity index (χ1n) is 9.62. The van der Waals surface area contributed by atoms with Crippen molar-refractivity contribution in [2.24, 2.45) is 0 Å². The summed E-state index contributed by atoms with van der Waals surface area (Å²) in [6.07, 6.45) is 0. The van der Waals surface area contributed by atoms with Crippen molar-refractivity contribution >= 4 is 43.3 Å². The first-order valence-corrected chi connectivity index (χ1v) is 11.8. The van der Waals surface area contributed by atoms with E-state index in [1.54, 1.807) is 7.05 Å². The number of benzene rings is 3. The number of amides is 1. The third kappa shape index (κ3) is 4.99. The molecule has 168 valence electrons. The van der Waals surface area contributed by atoms with Gasteiger partial charge < -0.3 is 9.08 Å². The SMILES string of the molecule is CN(Cc1nc2ccccc2s1)C(=O)c1ccc(OS(=O)(=O)c2cccc([N+](=O)[O-])c2)cc1. The number of carbonyl (C=O) groups is 1. The summed E-state index contributed by atoms with van der Waals surface area (Å²) in [5.74, 6) is -0.283. The van der Waals surface area contributed by atoms with Gasteiger partial charge in [-0.05, 0) is 42.5 Å². The molecule has 0 saturated carbocycles. The number of hydrogen-bond donors (Lipinski definition) is 0. The zero-order chi connectivity index (χ0) is 23.6. The molecule has 0 aliphatic heterocycles. The van der Waals surface area contributed by atoms with Crippen molar-refractivity contribution in [3.05, 3.63) is 93.5 Å². The van der Waals surface area contributed by atoms with E-state index in [0.29, 0.717) is 12.1 Å². The predicted molar refractivity (Wildman–Crippen MR) is 123 cm³/mol. The van der Waals surface area contributed by atoms with Crippen LogP contribution in [0.25, 0.3) is 10.2 Å². The molecular formula is C22H17N3O6S2. The number of nitro groups is 1. The van der Waals surface area contributed by atoms with Crippen LogP contribution in [0.1, 0.15) is 15.4 Å². The molecular weight excluding hydrogens is 466 g/mol. The van der Waals surface area contributed by atoms with Crippen LogP contribution in [0.5, 0.6) is 5.75 Å². The fourth-order valence-electron chi connectivity index (χ4n) is 3.06. The molecule has 33 heavy (non-hydrogen) atoms. The van der Waals surface area contributed by atoms with Gasteiger partial charge in [0.1, 0.15) is 15.7 Å². The average Bonchev–Trinajstić information content (AvgIpc) is 3.21. The van der Waals surface area contributed by atoms with E-state index in [0.717, 1.165) is 21.3 Å². The molecule has 0 spiro atoms. The van der Waals surface area contributed by atoms with Crippen LogP contribution in [0.2, 0.25) is 0 Å². The molecule has 0 unspecified atom stereocenters. The standard InChI is InChI=1S/C22H17N3O6S2/c1-24(14-21-23-19-7-2-3-8-20(19)32-21)22(26)15-9-11-17(12-10-15)31-33(29,30)18-6-4-5-16(13-18)25(27)28/h2-13H,14H2,1H3. The first kappa shape index (κ1) is 22.4. The number of carbonyl (C=O) groups excluding carboxylic acids is 1. The number of hydrogen-bond acceptors (Lipinski definition) is 8. The van der Waals surface area contributed by atoms with E-state index in [9.17, 15) is 23.3 Å². The van der Waals surface area contributed by atoms with E-state index in [4.69, 9.17) is 4.18 Å². The summed E-state index contributed by atoms with van der Waals surface area (Å²) in [6, 6.07) is 17.9. The highest BCUT2D eigenvalue weighted by atomic mass is 32.2.